The first-order valence-electron chi connectivity index (χ1n) is 5.87. The number of amides is 1. The number of rotatable bonds is 3. The Hall–Kier alpha value is -1.59. The minimum absolute atomic E-state index is 0.223. The number of hydrogen-bond acceptors (Lipinski definition) is 5. The highest BCUT2D eigenvalue weighted by molar-refractivity contribution is 6.05. The topological polar surface area (TPSA) is 72.9 Å². The van der Waals surface area contributed by atoms with Crippen molar-refractivity contribution in [1.29, 1.82) is 0 Å². The van der Waals surface area contributed by atoms with E-state index in [0.717, 1.165) is 0 Å². The molecule has 0 aromatic carbocycles. The summed E-state index contributed by atoms with van der Waals surface area (Å²) in [4.78, 5) is 37.7. The number of carbonyl (C=O) groups excluding carboxylic acids is 3. The minimum atomic E-state index is -1.50. The van der Waals surface area contributed by atoms with Crippen molar-refractivity contribution in [3.05, 3.63) is 0 Å². The SMILES string of the molecule is CC[C@H]1C(=O)N(C)CCC1(C(=O)OC)C(=O)OC. The van der Waals surface area contributed by atoms with Gasteiger partial charge in [-0.25, -0.2) is 0 Å². The lowest BCUT2D eigenvalue weighted by atomic mass is 9.68. The van der Waals surface area contributed by atoms with Gasteiger partial charge in [0.2, 0.25) is 5.91 Å². The summed E-state index contributed by atoms with van der Waals surface area (Å²) in [5.41, 5.74) is -1.50. The Morgan fingerprint density at radius 2 is 1.83 bits per heavy atom. The van der Waals surface area contributed by atoms with Crippen molar-refractivity contribution < 1.29 is 23.9 Å². The summed E-state index contributed by atoms with van der Waals surface area (Å²) in [5.74, 6) is -2.33. The van der Waals surface area contributed by atoms with Crippen LogP contribution in [0.2, 0.25) is 0 Å². The molecule has 102 valence electrons. The molecular weight excluding hydrogens is 238 g/mol. The van der Waals surface area contributed by atoms with Gasteiger partial charge in [0.05, 0.1) is 20.1 Å². The van der Waals surface area contributed by atoms with Crippen molar-refractivity contribution in [2.75, 3.05) is 27.8 Å². The van der Waals surface area contributed by atoms with E-state index in [4.69, 9.17) is 9.47 Å². The Kier molecular flexibility index (Phi) is 4.32. The molecule has 18 heavy (non-hydrogen) atoms. The van der Waals surface area contributed by atoms with Gasteiger partial charge < -0.3 is 14.4 Å². The van der Waals surface area contributed by atoms with Crippen LogP contribution in [0, 0.1) is 11.3 Å². The zero-order valence-corrected chi connectivity index (χ0v) is 11.2. The van der Waals surface area contributed by atoms with Crippen molar-refractivity contribution in [3.63, 3.8) is 0 Å². The second kappa shape index (κ2) is 5.37. The monoisotopic (exact) mass is 257 g/mol. The molecule has 1 fully saturated rings. The van der Waals surface area contributed by atoms with Gasteiger partial charge >= 0.3 is 11.9 Å². The van der Waals surface area contributed by atoms with Crippen molar-refractivity contribution in [3.8, 4) is 0 Å². The number of methoxy groups -OCH3 is 2. The Balaban J connectivity index is 3.27. The molecule has 0 spiro atoms. The molecule has 0 unspecified atom stereocenters. The maximum Gasteiger partial charge on any atom is 0.324 e. The summed E-state index contributed by atoms with van der Waals surface area (Å²) in [7, 11) is 4.08. The standard InChI is InChI=1S/C12H19NO5/c1-5-8-9(14)13(2)7-6-12(8,10(15)17-3)11(16)18-4/h8H,5-7H2,1-4H3/t8-/m0/s1. The maximum atomic E-state index is 12.1. The summed E-state index contributed by atoms with van der Waals surface area (Å²) in [6.07, 6.45) is 0.612. The largest absolute Gasteiger partial charge is 0.468 e. The molecule has 1 amide bonds. The lowest BCUT2D eigenvalue weighted by molar-refractivity contribution is -0.183. The van der Waals surface area contributed by atoms with Gasteiger partial charge in [-0.15, -0.1) is 0 Å². The molecule has 0 aromatic rings. The smallest absolute Gasteiger partial charge is 0.324 e. The average Bonchev–Trinajstić information content (AvgIpc) is 2.39. The Morgan fingerprint density at radius 1 is 1.33 bits per heavy atom. The van der Waals surface area contributed by atoms with Crippen LogP contribution in [0.4, 0.5) is 0 Å². The van der Waals surface area contributed by atoms with E-state index in [1.807, 2.05) is 0 Å². The third-order valence-electron chi connectivity index (χ3n) is 3.62. The summed E-state index contributed by atoms with van der Waals surface area (Å²) in [5, 5.41) is 0. The number of likely N-dealkylation sites (tertiary alicyclic amines) is 1. The van der Waals surface area contributed by atoms with Crippen molar-refractivity contribution >= 4 is 17.8 Å². The summed E-state index contributed by atoms with van der Waals surface area (Å²) < 4.78 is 9.44. The molecule has 1 atom stereocenters. The Morgan fingerprint density at radius 3 is 2.22 bits per heavy atom. The maximum absolute atomic E-state index is 12.1. The van der Waals surface area contributed by atoms with Crippen LogP contribution in [0.25, 0.3) is 0 Å². The molecule has 0 N–H and O–H groups in total. The molecular formula is C12H19NO5. The molecule has 0 radical (unpaired) electrons. The lowest BCUT2D eigenvalue weighted by Crippen LogP contribution is -2.58. The highest BCUT2D eigenvalue weighted by atomic mass is 16.5. The summed E-state index contributed by atoms with van der Waals surface area (Å²) >= 11 is 0. The zero-order valence-electron chi connectivity index (χ0n) is 11.2. The van der Waals surface area contributed by atoms with Gasteiger partial charge in [-0.1, -0.05) is 6.92 Å². The number of hydrogen-bond donors (Lipinski definition) is 0. The van der Waals surface area contributed by atoms with Crippen LogP contribution in [0.5, 0.6) is 0 Å². The summed E-state index contributed by atoms with van der Waals surface area (Å²) in [6, 6.07) is 0. The van der Waals surface area contributed by atoms with Gasteiger partial charge in [0.25, 0.3) is 0 Å². The van der Waals surface area contributed by atoms with Crippen LogP contribution in [0.3, 0.4) is 0 Å². The molecule has 0 bridgehead atoms. The van der Waals surface area contributed by atoms with Crippen LogP contribution in [-0.4, -0.2) is 50.6 Å². The van der Waals surface area contributed by atoms with Crippen LogP contribution in [0.15, 0.2) is 0 Å². The molecule has 1 saturated heterocycles. The highest BCUT2D eigenvalue weighted by Gasteiger charge is 2.59. The predicted octanol–water partition coefficient (Wildman–Crippen LogP) is 0.207. The molecule has 6 nitrogen and oxygen atoms in total. The van der Waals surface area contributed by atoms with Gasteiger partial charge in [0, 0.05) is 13.6 Å². The number of carbonyl (C=O) groups is 3. The molecule has 1 aliphatic rings. The molecule has 1 heterocycles. The normalized spacial score (nSPS) is 22.6. The first-order chi connectivity index (χ1) is 8.45. The molecule has 0 aromatic heterocycles. The predicted molar refractivity (Wildman–Crippen MR) is 62.5 cm³/mol. The van der Waals surface area contributed by atoms with E-state index < -0.39 is 23.3 Å². The fraction of sp³-hybridized carbons (Fsp3) is 0.750. The van der Waals surface area contributed by atoms with E-state index in [0.29, 0.717) is 13.0 Å². The third kappa shape index (κ3) is 1.95. The van der Waals surface area contributed by atoms with E-state index >= 15 is 0 Å². The molecule has 0 saturated carbocycles. The van der Waals surface area contributed by atoms with Crippen LogP contribution >= 0.6 is 0 Å². The van der Waals surface area contributed by atoms with E-state index in [1.165, 1.54) is 19.1 Å². The van der Waals surface area contributed by atoms with E-state index in [9.17, 15) is 14.4 Å². The quantitative estimate of drug-likeness (QED) is 0.533. The van der Waals surface area contributed by atoms with Gasteiger partial charge in [0.1, 0.15) is 0 Å². The van der Waals surface area contributed by atoms with Gasteiger partial charge in [-0.3, -0.25) is 14.4 Å². The lowest BCUT2D eigenvalue weighted by Gasteiger charge is -2.41. The van der Waals surface area contributed by atoms with E-state index in [2.05, 4.69) is 0 Å². The fourth-order valence-corrected chi connectivity index (χ4v) is 2.56. The minimum Gasteiger partial charge on any atom is -0.468 e. The number of nitrogens with zero attached hydrogens (tertiary/aromatic N) is 1. The number of ether oxygens (including phenoxy) is 2. The Bertz CT molecular complexity index is 349. The molecule has 1 rings (SSSR count). The van der Waals surface area contributed by atoms with Crippen molar-refractivity contribution in [2.24, 2.45) is 11.3 Å². The van der Waals surface area contributed by atoms with Crippen LogP contribution in [-0.2, 0) is 23.9 Å². The summed E-state index contributed by atoms with van der Waals surface area (Å²) in [6.45, 7) is 2.10. The van der Waals surface area contributed by atoms with Gasteiger partial charge in [-0.05, 0) is 12.8 Å². The van der Waals surface area contributed by atoms with E-state index in [-0.39, 0.29) is 12.3 Å². The Labute approximate surface area is 106 Å². The molecule has 1 aliphatic heterocycles. The highest BCUT2D eigenvalue weighted by Crippen LogP contribution is 2.41. The van der Waals surface area contributed by atoms with Gasteiger partial charge in [0.15, 0.2) is 5.41 Å². The van der Waals surface area contributed by atoms with Crippen LogP contribution < -0.4 is 0 Å². The second-order valence-electron chi connectivity index (χ2n) is 4.43. The number of piperidine rings is 1. The van der Waals surface area contributed by atoms with E-state index in [1.54, 1.807) is 14.0 Å². The molecule has 0 aliphatic carbocycles. The second-order valence-corrected chi connectivity index (χ2v) is 4.43. The first-order valence-corrected chi connectivity index (χ1v) is 5.87. The van der Waals surface area contributed by atoms with Crippen molar-refractivity contribution in [1.82, 2.24) is 4.90 Å². The first kappa shape index (κ1) is 14.5. The van der Waals surface area contributed by atoms with Crippen molar-refractivity contribution in [2.45, 2.75) is 19.8 Å². The fourth-order valence-electron chi connectivity index (χ4n) is 2.56. The zero-order chi connectivity index (χ0) is 13.9. The average molecular weight is 257 g/mol. The number of esters is 2. The van der Waals surface area contributed by atoms with Crippen LogP contribution in [0.1, 0.15) is 19.8 Å². The molecule has 6 heteroatoms. The van der Waals surface area contributed by atoms with Gasteiger partial charge in [-0.2, -0.15) is 0 Å². The third-order valence-corrected chi connectivity index (χ3v) is 3.62.